The number of pyridine rings is 1. The van der Waals surface area contributed by atoms with Crippen molar-refractivity contribution in [2.24, 2.45) is 5.92 Å². The maximum Gasteiger partial charge on any atom is 0.254 e. The molecular weight excluding hydrogens is 260 g/mol. The van der Waals surface area contributed by atoms with Gasteiger partial charge in [-0.3, -0.25) is 4.79 Å². The molecule has 2 atom stereocenters. The van der Waals surface area contributed by atoms with Gasteiger partial charge in [0.2, 0.25) is 0 Å². The third-order valence-electron chi connectivity index (χ3n) is 3.86. The highest BCUT2D eigenvalue weighted by molar-refractivity contribution is 6.29. The van der Waals surface area contributed by atoms with Crippen molar-refractivity contribution < 1.29 is 4.79 Å². The van der Waals surface area contributed by atoms with Crippen LogP contribution in [0.1, 0.15) is 49.7 Å². The van der Waals surface area contributed by atoms with Crippen LogP contribution in [0.2, 0.25) is 5.15 Å². The standard InChI is InChI=1S/C15H21ClN2O/c1-4-13-8-12(9-14(16)17-13)15(19)18-6-5-10(2)7-11(18)3/h8-11H,4-7H2,1-3H3. The third kappa shape index (κ3) is 3.27. The summed E-state index contributed by atoms with van der Waals surface area (Å²) in [5.41, 5.74) is 1.53. The van der Waals surface area contributed by atoms with Crippen molar-refractivity contribution >= 4 is 17.5 Å². The number of carbonyl (C=O) groups is 1. The molecule has 2 heterocycles. The van der Waals surface area contributed by atoms with Crippen molar-refractivity contribution in [1.29, 1.82) is 0 Å². The van der Waals surface area contributed by atoms with Gasteiger partial charge in [0.25, 0.3) is 5.91 Å². The number of halogens is 1. The molecule has 0 bridgehead atoms. The van der Waals surface area contributed by atoms with Gasteiger partial charge in [-0.15, -0.1) is 0 Å². The molecule has 0 aliphatic carbocycles. The number of rotatable bonds is 2. The van der Waals surface area contributed by atoms with Crippen LogP contribution in [0, 0.1) is 5.92 Å². The molecule has 104 valence electrons. The van der Waals surface area contributed by atoms with E-state index in [0.29, 0.717) is 22.7 Å². The molecule has 1 fully saturated rings. The molecule has 1 aliphatic heterocycles. The number of nitrogens with zero attached hydrogens (tertiary/aromatic N) is 2. The van der Waals surface area contributed by atoms with Gasteiger partial charge in [-0.05, 0) is 44.2 Å². The molecule has 2 unspecified atom stereocenters. The Balaban J connectivity index is 2.21. The van der Waals surface area contributed by atoms with Crippen LogP contribution in [0.5, 0.6) is 0 Å². The van der Waals surface area contributed by atoms with Crippen LogP contribution in [0.4, 0.5) is 0 Å². The largest absolute Gasteiger partial charge is 0.336 e. The fourth-order valence-corrected chi connectivity index (χ4v) is 2.96. The van der Waals surface area contributed by atoms with Gasteiger partial charge in [-0.2, -0.15) is 0 Å². The van der Waals surface area contributed by atoms with E-state index in [4.69, 9.17) is 11.6 Å². The molecule has 1 aromatic heterocycles. The summed E-state index contributed by atoms with van der Waals surface area (Å²) >= 11 is 5.99. The quantitative estimate of drug-likeness (QED) is 0.776. The average Bonchev–Trinajstić information content (AvgIpc) is 2.37. The van der Waals surface area contributed by atoms with Crippen molar-refractivity contribution in [2.75, 3.05) is 6.54 Å². The first-order valence-corrected chi connectivity index (χ1v) is 7.36. The number of aromatic nitrogens is 1. The number of likely N-dealkylation sites (tertiary alicyclic amines) is 1. The average molecular weight is 281 g/mol. The highest BCUT2D eigenvalue weighted by atomic mass is 35.5. The molecule has 3 nitrogen and oxygen atoms in total. The zero-order chi connectivity index (χ0) is 14.0. The summed E-state index contributed by atoms with van der Waals surface area (Å²) in [6.07, 6.45) is 2.94. The summed E-state index contributed by atoms with van der Waals surface area (Å²) in [6, 6.07) is 3.83. The fraction of sp³-hybridized carbons (Fsp3) is 0.600. The van der Waals surface area contributed by atoms with E-state index in [1.54, 1.807) is 6.07 Å². The van der Waals surface area contributed by atoms with Gasteiger partial charge in [0.05, 0.1) is 0 Å². The Bertz CT molecular complexity index is 475. The van der Waals surface area contributed by atoms with Crippen LogP contribution >= 0.6 is 11.6 Å². The van der Waals surface area contributed by atoms with Crippen LogP contribution in [-0.4, -0.2) is 28.4 Å². The molecule has 19 heavy (non-hydrogen) atoms. The minimum Gasteiger partial charge on any atom is -0.336 e. The highest BCUT2D eigenvalue weighted by Gasteiger charge is 2.27. The number of carbonyl (C=O) groups excluding carboxylic acids is 1. The third-order valence-corrected chi connectivity index (χ3v) is 4.05. The lowest BCUT2D eigenvalue weighted by molar-refractivity contribution is 0.0588. The normalized spacial score (nSPS) is 23.5. The lowest BCUT2D eigenvalue weighted by Gasteiger charge is -2.36. The Labute approximate surface area is 120 Å². The van der Waals surface area contributed by atoms with Crippen LogP contribution in [0.3, 0.4) is 0 Å². The van der Waals surface area contributed by atoms with Crippen LogP contribution < -0.4 is 0 Å². The monoisotopic (exact) mass is 280 g/mol. The Hall–Kier alpha value is -1.09. The number of aryl methyl sites for hydroxylation is 1. The lowest BCUT2D eigenvalue weighted by atomic mass is 9.93. The van der Waals surface area contributed by atoms with Crippen molar-refractivity contribution in [1.82, 2.24) is 9.88 Å². The molecular formula is C15H21ClN2O. The van der Waals surface area contributed by atoms with E-state index in [-0.39, 0.29) is 5.91 Å². The maximum atomic E-state index is 12.6. The van der Waals surface area contributed by atoms with Gasteiger partial charge in [-0.25, -0.2) is 4.98 Å². The van der Waals surface area contributed by atoms with Crippen LogP contribution in [-0.2, 0) is 6.42 Å². The highest BCUT2D eigenvalue weighted by Crippen LogP contribution is 2.24. The molecule has 4 heteroatoms. The van der Waals surface area contributed by atoms with Gasteiger partial charge in [0.1, 0.15) is 5.15 Å². The van der Waals surface area contributed by atoms with E-state index < -0.39 is 0 Å². The summed E-state index contributed by atoms with van der Waals surface area (Å²) in [5.74, 6) is 0.782. The second kappa shape index (κ2) is 5.91. The number of hydrogen-bond donors (Lipinski definition) is 0. The summed E-state index contributed by atoms with van der Waals surface area (Å²) in [5, 5.41) is 0.403. The van der Waals surface area contributed by atoms with E-state index >= 15 is 0 Å². The molecule has 1 aromatic rings. The molecule has 0 radical (unpaired) electrons. The van der Waals surface area contributed by atoms with E-state index in [2.05, 4.69) is 18.8 Å². The minimum atomic E-state index is 0.0819. The summed E-state index contributed by atoms with van der Waals surface area (Å²) in [6.45, 7) is 7.22. The van der Waals surface area contributed by atoms with Crippen molar-refractivity contribution in [3.63, 3.8) is 0 Å². The van der Waals surface area contributed by atoms with E-state index in [1.807, 2.05) is 17.9 Å². The lowest BCUT2D eigenvalue weighted by Crippen LogP contribution is -2.44. The number of hydrogen-bond acceptors (Lipinski definition) is 2. The molecule has 0 saturated carbocycles. The molecule has 2 rings (SSSR count). The first-order chi connectivity index (χ1) is 9.01. The zero-order valence-corrected chi connectivity index (χ0v) is 12.6. The first kappa shape index (κ1) is 14.3. The van der Waals surface area contributed by atoms with Gasteiger partial charge in [-0.1, -0.05) is 25.4 Å². The van der Waals surface area contributed by atoms with E-state index in [0.717, 1.165) is 31.5 Å². The first-order valence-electron chi connectivity index (χ1n) is 6.98. The Morgan fingerprint density at radius 3 is 2.84 bits per heavy atom. The predicted molar refractivity (Wildman–Crippen MR) is 77.5 cm³/mol. The molecule has 0 spiro atoms. The van der Waals surface area contributed by atoms with E-state index in [1.165, 1.54) is 0 Å². The summed E-state index contributed by atoms with van der Waals surface area (Å²) in [4.78, 5) is 18.7. The Morgan fingerprint density at radius 1 is 1.47 bits per heavy atom. The second-order valence-electron chi connectivity index (χ2n) is 5.50. The SMILES string of the molecule is CCc1cc(C(=O)N2CCC(C)CC2C)cc(Cl)n1. The molecule has 0 aromatic carbocycles. The van der Waals surface area contributed by atoms with Crippen molar-refractivity contribution in [2.45, 2.75) is 46.1 Å². The van der Waals surface area contributed by atoms with Crippen molar-refractivity contribution in [3.8, 4) is 0 Å². The second-order valence-corrected chi connectivity index (χ2v) is 5.89. The van der Waals surface area contributed by atoms with Crippen molar-refractivity contribution in [3.05, 3.63) is 28.5 Å². The number of piperidine rings is 1. The summed E-state index contributed by atoms with van der Waals surface area (Å²) < 4.78 is 0. The fourth-order valence-electron chi connectivity index (χ4n) is 2.73. The Morgan fingerprint density at radius 2 is 2.21 bits per heavy atom. The smallest absolute Gasteiger partial charge is 0.254 e. The van der Waals surface area contributed by atoms with Gasteiger partial charge in [0.15, 0.2) is 0 Å². The zero-order valence-electron chi connectivity index (χ0n) is 11.8. The van der Waals surface area contributed by atoms with Gasteiger partial charge < -0.3 is 4.90 Å². The molecule has 1 saturated heterocycles. The van der Waals surface area contributed by atoms with Gasteiger partial charge >= 0.3 is 0 Å². The van der Waals surface area contributed by atoms with Gasteiger partial charge in [0, 0.05) is 23.8 Å². The van der Waals surface area contributed by atoms with Crippen LogP contribution in [0.15, 0.2) is 12.1 Å². The minimum absolute atomic E-state index is 0.0819. The predicted octanol–water partition coefficient (Wildman–Crippen LogP) is 3.56. The molecule has 1 amide bonds. The summed E-state index contributed by atoms with van der Waals surface area (Å²) in [7, 11) is 0. The molecule has 1 aliphatic rings. The molecule has 0 N–H and O–H groups in total. The van der Waals surface area contributed by atoms with E-state index in [9.17, 15) is 4.79 Å². The Kier molecular flexibility index (Phi) is 4.46. The topological polar surface area (TPSA) is 33.2 Å². The number of amides is 1. The van der Waals surface area contributed by atoms with Crippen LogP contribution in [0.25, 0.3) is 0 Å². The maximum absolute atomic E-state index is 12.6.